The lowest BCUT2D eigenvalue weighted by atomic mass is 10.1. The number of nitrogens with one attached hydrogen (secondary N) is 1. The summed E-state index contributed by atoms with van der Waals surface area (Å²) in [4.78, 5) is 16.3. The van der Waals surface area contributed by atoms with Gasteiger partial charge in [-0.2, -0.15) is 0 Å². The van der Waals surface area contributed by atoms with Gasteiger partial charge in [-0.1, -0.05) is 17.9 Å². The second-order valence-corrected chi connectivity index (χ2v) is 4.50. The van der Waals surface area contributed by atoms with Gasteiger partial charge in [0.25, 0.3) is 5.91 Å². The molecule has 2 N–H and O–H groups in total. The molecule has 0 aliphatic rings. The van der Waals surface area contributed by atoms with Crippen LogP contribution in [0, 0.1) is 18.8 Å². The molecule has 1 heterocycles. The van der Waals surface area contributed by atoms with Crippen LogP contribution in [0.1, 0.15) is 28.0 Å². The predicted molar refractivity (Wildman–Crippen MR) is 82.0 cm³/mol. The Morgan fingerprint density at radius 3 is 2.90 bits per heavy atom. The lowest BCUT2D eigenvalue weighted by Crippen LogP contribution is -2.12. The normalized spacial score (nSPS) is 9.62. The van der Waals surface area contributed by atoms with E-state index in [4.69, 9.17) is 5.11 Å². The molecular formula is C17H16N2O2. The molecule has 0 saturated carbocycles. The first kappa shape index (κ1) is 14.8. The quantitative estimate of drug-likeness (QED) is 0.849. The van der Waals surface area contributed by atoms with Gasteiger partial charge in [-0.05, 0) is 37.3 Å². The fourth-order valence-electron chi connectivity index (χ4n) is 1.70. The summed E-state index contributed by atoms with van der Waals surface area (Å²) in [7, 11) is 0. The molecular weight excluding hydrogens is 264 g/mol. The van der Waals surface area contributed by atoms with Gasteiger partial charge >= 0.3 is 0 Å². The van der Waals surface area contributed by atoms with Crippen molar-refractivity contribution >= 4 is 11.6 Å². The number of anilines is 1. The number of carbonyl (C=O) groups is 1. The lowest BCUT2D eigenvalue weighted by Gasteiger charge is -2.05. The summed E-state index contributed by atoms with van der Waals surface area (Å²) in [6, 6.07) is 10.7. The molecule has 0 aliphatic heterocycles. The highest BCUT2D eigenvalue weighted by Gasteiger charge is 2.06. The minimum Gasteiger partial charge on any atom is -0.395 e. The Labute approximate surface area is 123 Å². The summed E-state index contributed by atoms with van der Waals surface area (Å²) < 4.78 is 0. The highest BCUT2D eigenvalue weighted by molar-refractivity contribution is 6.04. The first-order valence-electron chi connectivity index (χ1n) is 6.63. The maximum Gasteiger partial charge on any atom is 0.255 e. The number of rotatable bonds is 3. The van der Waals surface area contributed by atoms with Crippen molar-refractivity contribution in [3.63, 3.8) is 0 Å². The maximum absolute atomic E-state index is 12.2. The SMILES string of the molecule is Cc1ccc(NC(=O)c2cccc(C#CCCO)c2)cn1. The number of hydrogen-bond acceptors (Lipinski definition) is 3. The van der Waals surface area contributed by atoms with Crippen LogP contribution in [0.3, 0.4) is 0 Å². The Hall–Kier alpha value is -2.64. The summed E-state index contributed by atoms with van der Waals surface area (Å²) in [6.07, 6.45) is 2.05. The van der Waals surface area contributed by atoms with E-state index in [9.17, 15) is 4.79 Å². The van der Waals surface area contributed by atoms with Crippen LogP contribution >= 0.6 is 0 Å². The lowest BCUT2D eigenvalue weighted by molar-refractivity contribution is 0.102. The molecule has 1 amide bonds. The maximum atomic E-state index is 12.2. The van der Waals surface area contributed by atoms with E-state index >= 15 is 0 Å². The fraction of sp³-hybridized carbons (Fsp3) is 0.176. The van der Waals surface area contributed by atoms with Gasteiger partial charge in [0, 0.05) is 23.2 Å². The summed E-state index contributed by atoms with van der Waals surface area (Å²) in [5.74, 6) is 5.54. The standard InChI is InChI=1S/C17H16N2O2/c1-13-8-9-16(12-18-13)19-17(21)15-7-4-6-14(11-15)5-2-3-10-20/h4,6-9,11-12,20H,3,10H2,1H3,(H,19,21). The Kier molecular flexibility index (Phi) is 5.08. The third-order valence-electron chi connectivity index (χ3n) is 2.76. The molecule has 0 saturated heterocycles. The predicted octanol–water partition coefficient (Wildman–Crippen LogP) is 2.38. The van der Waals surface area contributed by atoms with Crippen LogP contribution in [0.2, 0.25) is 0 Å². The molecule has 4 heteroatoms. The molecule has 0 radical (unpaired) electrons. The Bertz CT molecular complexity index is 682. The number of aliphatic hydroxyl groups excluding tert-OH is 1. The van der Waals surface area contributed by atoms with E-state index in [2.05, 4.69) is 22.1 Å². The van der Waals surface area contributed by atoms with Crippen LogP contribution in [-0.2, 0) is 0 Å². The highest BCUT2D eigenvalue weighted by Crippen LogP contribution is 2.10. The number of nitrogens with zero attached hydrogens (tertiary/aromatic N) is 1. The van der Waals surface area contributed by atoms with Gasteiger partial charge in [0.05, 0.1) is 18.5 Å². The highest BCUT2D eigenvalue weighted by atomic mass is 16.2. The monoisotopic (exact) mass is 280 g/mol. The Morgan fingerprint density at radius 2 is 2.19 bits per heavy atom. The van der Waals surface area contributed by atoms with Gasteiger partial charge in [-0.3, -0.25) is 9.78 Å². The number of aliphatic hydroxyl groups is 1. The van der Waals surface area contributed by atoms with Crippen molar-refractivity contribution in [1.82, 2.24) is 4.98 Å². The third kappa shape index (κ3) is 4.44. The number of hydrogen-bond donors (Lipinski definition) is 2. The summed E-state index contributed by atoms with van der Waals surface area (Å²) in [6.45, 7) is 1.92. The molecule has 1 aromatic heterocycles. The molecule has 1 aromatic carbocycles. The number of benzene rings is 1. The Morgan fingerprint density at radius 1 is 1.33 bits per heavy atom. The van der Waals surface area contributed by atoms with E-state index in [1.54, 1.807) is 24.4 Å². The Balaban J connectivity index is 2.11. The van der Waals surface area contributed by atoms with Gasteiger partial charge < -0.3 is 10.4 Å². The van der Waals surface area contributed by atoms with Crippen LogP contribution < -0.4 is 5.32 Å². The minimum absolute atomic E-state index is 0.0353. The minimum atomic E-state index is -0.202. The topological polar surface area (TPSA) is 62.2 Å². The number of aromatic nitrogens is 1. The van der Waals surface area contributed by atoms with Crippen molar-refractivity contribution in [2.75, 3.05) is 11.9 Å². The van der Waals surface area contributed by atoms with Gasteiger partial charge in [0.1, 0.15) is 0 Å². The first-order valence-corrected chi connectivity index (χ1v) is 6.63. The summed E-state index contributed by atoms with van der Waals surface area (Å²) in [5.41, 5.74) is 2.83. The van der Waals surface area contributed by atoms with E-state index in [1.807, 2.05) is 25.1 Å². The molecule has 0 unspecified atom stereocenters. The van der Waals surface area contributed by atoms with Gasteiger partial charge in [-0.15, -0.1) is 0 Å². The average molecular weight is 280 g/mol. The molecule has 0 bridgehead atoms. The third-order valence-corrected chi connectivity index (χ3v) is 2.76. The van der Waals surface area contributed by atoms with Crippen molar-refractivity contribution in [2.24, 2.45) is 0 Å². The average Bonchev–Trinajstić information content (AvgIpc) is 2.50. The van der Waals surface area contributed by atoms with E-state index in [-0.39, 0.29) is 12.5 Å². The zero-order chi connectivity index (χ0) is 15.1. The summed E-state index contributed by atoms with van der Waals surface area (Å²) in [5, 5.41) is 11.5. The smallest absolute Gasteiger partial charge is 0.255 e. The van der Waals surface area contributed by atoms with E-state index in [0.29, 0.717) is 17.7 Å². The molecule has 2 rings (SSSR count). The zero-order valence-electron chi connectivity index (χ0n) is 11.8. The van der Waals surface area contributed by atoms with E-state index < -0.39 is 0 Å². The van der Waals surface area contributed by atoms with Crippen molar-refractivity contribution in [1.29, 1.82) is 0 Å². The molecule has 0 atom stereocenters. The molecule has 0 spiro atoms. The molecule has 4 nitrogen and oxygen atoms in total. The van der Waals surface area contributed by atoms with E-state index in [0.717, 1.165) is 11.3 Å². The zero-order valence-corrected chi connectivity index (χ0v) is 11.8. The van der Waals surface area contributed by atoms with Crippen molar-refractivity contribution in [3.05, 3.63) is 59.4 Å². The van der Waals surface area contributed by atoms with Gasteiger partial charge in [0.2, 0.25) is 0 Å². The van der Waals surface area contributed by atoms with E-state index in [1.165, 1.54) is 0 Å². The van der Waals surface area contributed by atoms with Crippen LogP contribution in [0.4, 0.5) is 5.69 Å². The van der Waals surface area contributed by atoms with Crippen molar-refractivity contribution < 1.29 is 9.90 Å². The van der Waals surface area contributed by atoms with Crippen LogP contribution in [0.5, 0.6) is 0 Å². The van der Waals surface area contributed by atoms with Crippen LogP contribution in [0.15, 0.2) is 42.6 Å². The fourth-order valence-corrected chi connectivity index (χ4v) is 1.70. The summed E-state index contributed by atoms with van der Waals surface area (Å²) >= 11 is 0. The van der Waals surface area contributed by atoms with Crippen molar-refractivity contribution in [2.45, 2.75) is 13.3 Å². The second kappa shape index (κ2) is 7.22. The largest absolute Gasteiger partial charge is 0.395 e. The first-order chi connectivity index (χ1) is 10.2. The van der Waals surface area contributed by atoms with Crippen LogP contribution in [-0.4, -0.2) is 22.6 Å². The van der Waals surface area contributed by atoms with Crippen LogP contribution in [0.25, 0.3) is 0 Å². The molecule has 0 aliphatic carbocycles. The number of amides is 1. The van der Waals surface area contributed by atoms with Gasteiger partial charge in [0.15, 0.2) is 0 Å². The molecule has 21 heavy (non-hydrogen) atoms. The molecule has 2 aromatic rings. The number of carbonyl (C=O) groups excluding carboxylic acids is 1. The molecule has 0 fully saturated rings. The van der Waals surface area contributed by atoms with Gasteiger partial charge in [-0.25, -0.2) is 0 Å². The second-order valence-electron chi connectivity index (χ2n) is 4.50. The number of aryl methyl sites for hydroxylation is 1. The molecule has 106 valence electrons. The van der Waals surface area contributed by atoms with Crippen molar-refractivity contribution in [3.8, 4) is 11.8 Å². The number of pyridine rings is 1.